The molecule has 166 valence electrons. The van der Waals surface area contributed by atoms with Gasteiger partial charge in [-0.05, 0) is 32.1 Å². The molecule has 0 aromatic carbocycles. The van der Waals surface area contributed by atoms with Crippen molar-refractivity contribution in [2.45, 2.75) is 63.6 Å². The summed E-state index contributed by atoms with van der Waals surface area (Å²) in [5.41, 5.74) is -0.495. The van der Waals surface area contributed by atoms with Crippen molar-refractivity contribution in [2.24, 2.45) is 5.41 Å². The Labute approximate surface area is 171 Å². The van der Waals surface area contributed by atoms with E-state index in [2.05, 4.69) is 0 Å². The van der Waals surface area contributed by atoms with Crippen molar-refractivity contribution in [3.63, 3.8) is 0 Å². The highest BCUT2D eigenvalue weighted by atomic mass is 28.4. The molecule has 0 spiro atoms. The number of esters is 1. The smallest absolute Gasteiger partial charge is 0.462 e. The molecule has 1 rings (SSSR count). The largest absolute Gasteiger partial charge is 0.500 e. The van der Waals surface area contributed by atoms with Crippen LogP contribution < -0.4 is 0 Å². The minimum atomic E-state index is -2.65. The van der Waals surface area contributed by atoms with E-state index in [1.54, 1.807) is 42.7 Å². The van der Waals surface area contributed by atoms with Crippen LogP contribution in [0.5, 0.6) is 0 Å². The summed E-state index contributed by atoms with van der Waals surface area (Å²) in [5.74, 6) is -0.0987. The minimum absolute atomic E-state index is 0.0175. The van der Waals surface area contributed by atoms with Gasteiger partial charge in [0.05, 0.1) is 5.41 Å². The van der Waals surface area contributed by atoms with Crippen molar-refractivity contribution in [3.8, 4) is 0 Å². The van der Waals surface area contributed by atoms with Crippen LogP contribution >= 0.6 is 0 Å². The third-order valence-electron chi connectivity index (χ3n) is 5.92. The molecule has 1 aliphatic rings. The van der Waals surface area contributed by atoms with Crippen LogP contribution in [-0.4, -0.2) is 72.3 Å². The maximum atomic E-state index is 12.8. The second kappa shape index (κ2) is 11.7. The SMILES string of the molecule is CCC1CC(CCC[Si](OC)(OC)OC)(CCC[Si](OC)(OC)OC)C(=O)O1. The van der Waals surface area contributed by atoms with Crippen molar-refractivity contribution < 1.29 is 36.1 Å². The minimum Gasteiger partial charge on any atom is -0.462 e. The molecule has 1 heterocycles. The fourth-order valence-corrected chi connectivity index (χ4v) is 7.44. The van der Waals surface area contributed by atoms with E-state index in [1.807, 2.05) is 6.92 Å². The normalized spacial score (nSPS) is 19.8. The first-order valence-electron chi connectivity index (χ1n) is 9.86. The summed E-state index contributed by atoms with van der Waals surface area (Å²) in [6.45, 7) is 2.05. The van der Waals surface area contributed by atoms with Gasteiger partial charge in [0, 0.05) is 61.2 Å². The topological polar surface area (TPSA) is 81.7 Å². The Morgan fingerprint density at radius 2 is 1.25 bits per heavy atom. The molecular formula is C18H38O8Si2. The standard InChI is InChI=1S/C18H38O8Si2/c1-8-16-15-18(17(19)26-16,11-9-13-27(20-2,21-3)22-4)12-10-14-28(23-5,24-6)25-7/h16H,8-15H2,1-7H3. The van der Waals surface area contributed by atoms with Crippen LogP contribution in [0.15, 0.2) is 0 Å². The molecule has 1 atom stereocenters. The van der Waals surface area contributed by atoms with Crippen LogP contribution in [0.25, 0.3) is 0 Å². The highest BCUT2D eigenvalue weighted by Gasteiger charge is 2.49. The molecule has 0 amide bonds. The van der Waals surface area contributed by atoms with Crippen LogP contribution in [0.1, 0.15) is 45.4 Å². The van der Waals surface area contributed by atoms with E-state index in [4.69, 9.17) is 31.3 Å². The van der Waals surface area contributed by atoms with Crippen molar-refractivity contribution >= 4 is 23.6 Å². The molecule has 8 nitrogen and oxygen atoms in total. The number of carbonyl (C=O) groups is 1. The van der Waals surface area contributed by atoms with E-state index in [9.17, 15) is 4.79 Å². The predicted molar refractivity (Wildman–Crippen MR) is 109 cm³/mol. The van der Waals surface area contributed by atoms with E-state index in [1.165, 1.54) is 0 Å². The van der Waals surface area contributed by atoms with E-state index in [0.717, 1.165) is 25.7 Å². The molecule has 10 heteroatoms. The van der Waals surface area contributed by atoms with Crippen LogP contribution in [0.4, 0.5) is 0 Å². The van der Waals surface area contributed by atoms with Gasteiger partial charge in [0.1, 0.15) is 6.10 Å². The van der Waals surface area contributed by atoms with Gasteiger partial charge in [0.2, 0.25) is 0 Å². The lowest BCUT2D eigenvalue weighted by atomic mass is 9.76. The zero-order chi connectivity index (χ0) is 21.3. The highest BCUT2D eigenvalue weighted by Crippen LogP contribution is 2.44. The number of hydrogen-bond donors (Lipinski definition) is 0. The molecule has 0 aromatic heterocycles. The maximum Gasteiger partial charge on any atom is 0.500 e. The van der Waals surface area contributed by atoms with Crippen molar-refractivity contribution in [2.75, 3.05) is 42.7 Å². The number of hydrogen-bond acceptors (Lipinski definition) is 8. The predicted octanol–water partition coefficient (Wildman–Crippen LogP) is 3.01. The van der Waals surface area contributed by atoms with Gasteiger partial charge >= 0.3 is 23.6 Å². The summed E-state index contributed by atoms with van der Waals surface area (Å²) in [4.78, 5) is 12.8. The summed E-state index contributed by atoms with van der Waals surface area (Å²) in [5, 5.41) is 0. The second-order valence-electron chi connectivity index (χ2n) is 7.22. The summed E-state index contributed by atoms with van der Waals surface area (Å²) in [6, 6.07) is 1.32. The average molecular weight is 439 g/mol. The molecule has 0 aromatic rings. The first-order chi connectivity index (χ1) is 13.3. The lowest BCUT2D eigenvalue weighted by Crippen LogP contribution is -2.43. The van der Waals surface area contributed by atoms with Crippen LogP contribution in [0, 0.1) is 5.41 Å². The lowest BCUT2D eigenvalue weighted by Gasteiger charge is -2.29. The molecule has 0 radical (unpaired) electrons. The summed E-state index contributed by atoms with van der Waals surface area (Å²) < 4.78 is 38.7. The number of cyclic esters (lactones) is 1. The Bertz CT molecular complexity index is 426. The Morgan fingerprint density at radius 3 is 1.54 bits per heavy atom. The monoisotopic (exact) mass is 438 g/mol. The Morgan fingerprint density at radius 1 is 0.857 bits per heavy atom. The van der Waals surface area contributed by atoms with Gasteiger partial charge in [-0.15, -0.1) is 0 Å². The molecule has 1 fully saturated rings. The lowest BCUT2D eigenvalue weighted by molar-refractivity contribution is -0.149. The van der Waals surface area contributed by atoms with Gasteiger partial charge in [-0.2, -0.15) is 0 Å². The van der Waals surface area contributed by atoms with Gasteiger partial charge in [-0.1, -0.05) is 6.92 Å². The average Bonchev–Trinajstić information content (AvgIpc) is 3.05. The van der Waals surface area contributed by atoms with E-state index in [0.29, 0.717) is 24.9 Å². The van der Waals surface area contributed by atoms with Crippen LogP contribution in [0.3, 0.4) is 0 Å². The molecule has 0 N–H and O–H groups in total. The number of rotatable bonds is 15. The van der Waals surface area contributed by atoms with E-state index in [-0.39, 0.29) is 12.1 Å². The van der Waals surface area contributed by atoms with Crippen LogP contribution in [0.2, 0.25) is 12.1 Å². The fourth-order valence-electron chi connectivity index (χ4n) is 4.00. The van der Waals surface area contributed by atoms with Gasteiger partial charge < -0.3 is 31.3 Å². The van der Waals surface area contributed by atoms with Crippen LogP contribution in [-0.2, 0) is 36.1 Å². The first-order valence-corrected chi connectivity index (χ1v) is 13.7. The van der Waals surface area contributed by atoms with Crippen molar-refractivity contribution in [3.05, 3.63) is 0 Å². The van der Waals surface area contributed by atoms with Crippen molar-refractivity contribution in [1.82, 2.24) is 0 Å². The Kier molecular flexibility index (Phi) is 10.8. The summed E-state index contributed by atoms with van der Waals surface area (Å²) >= 11 is 0. The number of carbonyl (C=O) groups excluding carboxylic acids is 1. The second-order valence-corrected chi connectivity index (χ2v) is 13.4. The third kappa shape index (κ3) is 6.08. The van der Waals surface area contributed by atoms with Gasteiger partial charge in [-0.25, -0.2) is 0 Å². The Balaban J connectivity index is 2.81. The van der Waals surface area contributed by atoms with Gasteiger partial charge in [0.25, 0.3) is 0 Å². The molecular weight excluding hydrogens is 400 g/mol. The zero-order valence-electron chi connectivity index (χ0n) is 18.5. The van der Waals surface area contributed by atoms with E-state index < -0.39 is 23.0 Å². The van der Waals surface area contributed by atoms with Gasteiger partial charge in [-0.3, -0.25) is 4.79 Å². The molecule has 0 saturated carbocycles. The molecule has 0 aliphatic carbocycles. The van der Waals surface area contributed by atoms with Crippen molar-refractivity contribution in [1.29, 1.82) is 0 Å². The zero-order valence-corrected chi connectivity index (χ0v) is 20.5. The van der Waals surface area contributed by atoms with Gasteiger partial charge in [0.15, 0.2) is 0 Å². The number of ether oxygens (including phenoxy) is 1. The third-order valence-corrected chi connectivity index (χ3v) is 11.6. The summed E-state index contributed by atoms with van der Waals surface area (Å²) in [7, 11) is 4.34. The highest BCUT2D eigenvalue weighted by molar-refractivity contribution is 6.60. The fraction of sp³-hybridized carbons (Fsp3) is 0.944. The molecule has 1 unspecified atom stereocenters. The summed E-state index contributed by atoms with van der Waals surface area (Å²) in [6.07, 6.45) is 4.53. The quantitative estimate of drug-likeness (QED) is 0.285. The molecule has 1 saturated heterocycles. The first kappa shape index (κ1) is 25.7. The molecule has 1 aliphatic heterocycles. The molecule has 28 heavy (non-hydrogen) atoms. The van der Waals surface area contributed by atoms with E-state index >= 15 is 0 Å². The maximum absolute atomic E-state index is 12.8. The Hall–Kier alpha value is -0.336. The molecule has 0 bridgehead atoms.